The molecule has 1 unspecified atom stereocenters. The Hall–Kier alpha value is -3.03. The van der Waals surface area contributed by atoms with Gasteiger partial charge in [0.05, 0.1) is 18.2 Å². The van der Waals surface area contributed by atoms with E-state index < -0.39 is 0 Å². The van der Waals surface area contributed by atoms with Gasteiger partial charge >= 0.3 is 0 Å². The molecule has 2 aromatic rings. The summed E-state index contributed by atoms with van der Waals surface area (Å²) in [7, 11) is 3.93. The summed E-state index contributed by atoms with van der Waals surface area (Å²) in [4.78, 5) is 41.6. The second-order valence-electron chi connectivity index (χ2n) is 7.14. The first-order valence-corrected chi connectivity index (χ1v) is 9.06. The first-order chi connectivity index (χ1) is 13.0. The molecule has 0 saturated carbocycles. The molecule has 2 aromatic heterocycles. The molecule has 0 radical (unpaired) electrons. The Bertz CT molecular complexity index is 883. The maximum Gasteiger partial charge on any atom is 0.228 e. The van der Waals surface area contributed by atoms with Gasteiger partial charge in [-0.05, 0) is 18.6 Å². The largest absolute Gasteiger partial charge is 0.362 e. The van der Waals surface area contributed by atoms with E-state index in [2.05, 4.69) is 10.3 Å². The summed E-state index contributed by atoms with van der Waals surface area (Å²) in [6, 6.07) is 3.76. The van der Waals surface area contributed by atoms with Crippen LogP contribution in [0.25, 0.3) is 11.4 Å². The smallest absolute Gasteiger partial charge is 0.228 e. The second kappa shape index (κ2) is 6.94. The van der Waals surface area contributed by atoms with Gasteiger partial charge in [0, 0.05) is 57.1 Å². The minimum atomic E-state index is -0.270. The average Bonchev–Trinajstić information content (AvgIpc) is 3.13. The Kier molecular flexibility index (Phi) is 4.47. The molecule has 0 aliphatic carbocycles. The van der Waals surface area contributed by atoms with Crippen molar-refractivity contribution < 1.29 is 9.59 Å². The Morgan fingerprint density at radius 2 is 2.04 bits per heavy atom. The summed E-state index contributed by atoms with van der Waals surface area (Å²) in [6.45, 7) is 1.49. The normalized spacial score (nSPS) is 18.8. The van der Waals surface area contributed by atoms with E-state index in [9.17, 15) is 9.59 Å². The van der Waals surface area contributed by atoms with Crippen LogP contribution in [-0.4, -0.2) is 58.9 Å². The average molecular weight is 366 g/mol. The number of hydrogen-bond acceptors (Lipinski definition) is 6. The van der Waals surface area contributed by atoms with Gasteiger partial charge in [-0.1, -0.05) is 0 Å². The van der Waals surface area contributed by atoms with Crippen LogP contribution in [-0.2, 0) is 22.6 Å². The van der Waals surface area contributed by atoms with E-state index in [-0.39, 0.29) is 24.2 Å². The number of fused-ring (bicyclic) bond motifs is 1. The number of amides is 2. The quantitative estimate of drug-likeness (QED) is 0.857. The SMILES string of the molecule is CN(C)c1nc(-c2ccncc2)nc2c1CCN(C(=O)C1CNC(=O)C1)C2. The lowest BCUT2D eigenvalue weighted by Gasteiger charge is -2.32. The van der Waals surface area contributed by atoms with E-state index in [4.69, 9.17) is 9.97 Å². The Balaban J connectivity index is 1.66. The zero-order chi connectivity index (χ0) is 19.0. The molecule has 4 heterocycles. The fourth-order valence-electron chi connectivity index (χ4n) is 3.64. The maximum absolute atomic E-state index is 12.8. The molecule has 2 aliphatic rings. The van der Waals surface area contributed by atoms with Crippen molar-refractivity contribution in [2.75, 3.05) is 32.1 Å². The highest BCUT2D eigenvalue weighted by molar-refractivity contribution is 5.89. The minimum Gasteiger partial charge on any atom is -0.362 e. The van der Waals surface area contributed by atoms with Gasteiger partial charge in [0.1, 0.15) is 5.82 Å². The Labute approximate surface area is 157 Å². The molecule has 8 nitrogen and oxygen atoms in total. The number of nitrogens with one attached hydrogen (secondary N) is 1. The first-order valence-electron chi connectivity index (χ1n) is 9.06. The van der Waals surface area contributed by atoms with E-state index in [1.807, 2.05) is 36.0 Å². The third-order valence-corrected chi connectivity index (χ3v) is 5.04. The highest BCUT2D eigenvalue weighted by atomic mass is 16.2. The lowest BCUT2D eigenvalue weighted by Crippen LogP contribution is -2.41. The van der Waals surface area contributed by atoms with Gasteiger partial charge in [0.15, 0.2) is 5.82 Å². The predicted molar refractivity (Wildman–Crippen MR) is 99.8 cm³/mol. The van der Waals surface area contributed by atoms with E-state index in [1.165, 1.54) is 0 Å². The lowest BCUT2D eigenvalue weighted by atomic mass is 10.0. The molecule has 1 N–H and O–H groups in total. The number of pyridine rings is 1. The molecule has 0 bridgehead atoms. The van der Waals surface area contributed by atoms with Gasteiger partial charge in [0.2, 0.25) is 11.8 Å². The summed E-state index contributed by atoms with van der Waals surface area (Å²) < 4.78 is 0. The zero-order valence-electron chi connectivity index (χ0n) is 15.5. The monoisotopic (exact) mass is 366 g/mol. The summed E-state index contributed by atoms with van der Waals surface area (Å²) >= 11 is 0. The topological polar surface area (TPSA) is 91.3 Å². The van der Waals surface area contributed by atoms with Crippen LogP contribution in [0, 0.1) is 5.92 Å². The molecular formula is C19H22N6O2. The highest BCUT2D eigenvalue weighted by Gasteiger charge is 2.34. The van der Waals surface area contributed by atoms with Crippen molar-refractivity contribution in [2.45, 2.75) is 19.4 Å². The number of carbonyl (C=O) groups excluding carboxylic acids is 2. The highest BCUT2D eigenvalue weighted by Crippen LogP contribution is 2.29. The Morgan fingerprint density at radius 3 is 2.70 bits per heavy atom. The minimum absolute atomic E-state index is 0.0227. The molecule has 1 saturated heterocycles. The third kappa shape index (κ3) is 3.34. The van der Waals surface area contributed by atoms with Crippen LogP contribution in [0.2, 0.25) is 0 Å². The van der Waals surface area contributed by atoms with Crippen molar-refractivity contribution in [1.82, 2.24) is 25.2 Å². The van der Waals surface area contributed by atoms with Gasteiger partial charge in [-0.3, -0.25) is 14.6 Å². The molecule has 8 heteroatoms. The van der Waals surface area contributed by atoms with Gasteiger partial charge in [-0.2, -0.15) is 0 Å². The molecule has 27 heavy (non-hydrogen) atoms. The molecular weight excluding hydrogens is 344 g/mol. The maximum atomic E-state index is 12.8. The molecule has 1 fully saturated rings. The number of carbonyl (C=O) groups is 2. The molecule has 1 atom stereocenters. The van der Waals surface area contributed by atoms with Crippen molar-refractivity contribution >= 4 is 17.6 Å². The van der Waals surface area contributed by atoms with E-state index in [0.717, 1.165) is 22.6 Å². The Morgan fingerprint density at radius 1 is 1.26 bits per heavy atom. The van der Waals surface area contributed by atoms with Crippen LogP contribution in [0.4, 0.5) is 5.82 Å². The van der Waals surface area contributed by atoms with Crippen molar-refractivity contribution in [3.05, 3.63) is 35.8 Å². The van der Waals surface area contributed by atoms with Crippen molar-refractivity contribution in [2.24, 2.45) is 5.92 Å². The number of aromatic nitrogens is 3. The molecule has 2 aliphatic heterocycles. The fourth-order valence-corrected chi connectivity index (χ4v) is 3.64. The first kappa shape index (κ1) is 17.4. The van der Waals surface area contributed by atoms with Crippen molar-refractivity contribution in [1.29, 1.82) is 0 Å². The van der Waals surface area contributed by atoms with Gasteiger partial charge in [-0.15, -0.1) is 0 Å². The van der Waals surface area contributed by atoms with Crippen LogP contribution in [0.5, 0.6) is 0 Å². The van der Waals surface area contributed by atoms with Crippen molar-refractivity contribution in [3.8, 4) is 11.4 Å². The van der Waals surface area contributed by atoms with Crippen molar-refractivity contribution in [3.63, 3.8) is 0 Å². The molecule has 4 rings (SSSR count). The van der Waals surface area contributed by atoms with Gasteiger partial charge in [-0.25, -0.2) is 9.97 Å². The summed E-state index contributed by atoms with van der Waals surface area (Å²) in [5, 5.41) is 2.74. The predicted octanol–water partition coefficient (Wildman–Crippen LogP) is 0.625. The van der Waals surface area contributed by atoms with Crippen LogP contribution >= 0.6 is 0 Å². The molecule has 2 amide bonds. The van der Waals surface area contributed by atoms with E-state index >= 15 is 0 Å². The van der Waals surface area contributed by atoms with Crippen LogP contribution in [0.1, 0.15) is 17.7 Å². The van der Waals surface area contributed by atoms with Gasteiger partial charge < -0.3 is 15.1 Å². The summed E-state index contributed by atoms with van der Waals surface area (Å²) in [5.74, 6) is 1.22. The van der Waals surface area contributed by atoms with E-state index in [0.29, 0.717) is 31.9 Å². The standard InChI is InChI=1S/C19H22N6O2/c1-24(2)18-14-5-8-25(19(27)13-9-16(26)21-10-13)11-15(14)22-17(23-18)12-3-6-20-7-4-12/h3-4,6-7,13H,5,8-11H2,1-2H3,(H,21,26). The number of anilines is 1. The number of nitrogens with zero attached hydrogens (tertiary/aromatic N) is 5. The lowest BCUT2D eigenvalue weighted by molar-refractivity contribution is -0.136. The molecule has 0 aromatic carbocycles. The van der Waals surface area contributed by atoms with Crippen LogP contribution < -0.4 is 10.2 Å². The van der Waals surface area contributed by atoms with Crippen LogP contribution in [0.15, 0.2) is 24.5 Å². The molecule has 0 spiro atoms. The number of rotatable bonds is 3. The van der Waals surface area contributed by atoms with Crippen LogP contribution in [0.3, 0.4) is 0 Å². The van der Waals surface area contributed by atoms with E-state index in [1.54, 1.807) is 12.4 Å². The second-order valence-corrected chi connectivity index (χ2v) is 7.14. The van der Waals surface area contributed by atoms with Gasteiger partial charge in [0.25, 0.3) is 0 Å². The molecule has 140 valence electrons. The third-order valence-electron chi connectivity index (χ3n) is 5.04. The zero-order valence-corrected chi connectivity index (χ0v) is 15.5. The summed E-state index contributed by atoms with van der Waals surface area (Å²) in [6.07, 6.45) is 4.41. The fraction of sp³-hybridized carbons (Fsp3) is 0.421. The number of hydrogen-bond donors (Lipinski definition) is 1. The summed E-state index contributed by atoms with van der Waals surface area (Å²) in [5.41, 5.74) is 2.85.